The van der Waals surface area contributed by atoms with E-state index in [2.05, 4.69) is 10.1 Å². The number of pyridine rings is 1. The second-order valence-corrected chi connectivity index (χ2v) is 9.22. The predicted molar refractivity (Wildman–Crippen MR) is 127 cm³/mol. The number of halogens is 2. The van der Waals surface area contributed by atoms with Crippen molar-refractivity contribution in [3.63, 3.8) is 0 Å². The molecule has 0 bridgehead atoms. The van der Waals surface area contributed by atoms with Crippen molar-refractivity contribution < 1.29 is 9.90 Å². The highest BCUT2D eigenvalue weighted by atomic mass is 35.5. The Labute approximate surface area is 198 Å². The summed E-state index contributed by atoms with van der Waals surface area (Å²) >= 11 is 6.27. The van der Waals surface area contributed by atoms with Gasteiger partial charge in [-0.25, -0.2) is 4.79 Å². The minimum Gasteiger partial charge on any atom is -0.465 e. The molecular formula is C24H26Cl2N4O2. The van der Waals surface area contributed by atoms with Gasteiger partial charge in [0.15, 0.2) is 0 Å². The smallest absolute Gasteiger partial charge is 0.408 e. The van der Waals surface area contributed by atoms with E-state index in [-0.39, 0.29) is 24.4 Å². The minimum atomic E-state index is -0.919. The van der Waals surface area contributed by atoms with E-state index in [4.69, 9.17) is 16.7 Å². The minimum absolute atomic E-state index is 0. The lowest BCUT2D eigenvalue weighted by molar-refractivity contribution is 0.00591. The van der Waals surface area contributed by atoms with E-state index in [0.29, 0.717) is 5.02 Å². The van der Waals surface area contributed by atoms with E-state index in [9.17, 15) is 9.90 Å². The van der Waals surface area contributed by atoms with Gasteiger partial charge in [-0.1, -0.05) is 17.7 Å². The molecule has 0 radical (unpaired) electrons. The molecule has 0 spiro atoms. The maximum absolute atomic E-state index is 12.6. The third-order valence-corrected chi connectivity index (χ3v) is 7.34. The average Bonchev–Trinajstić information content (AvgIpc) is 3.19. The van der Waals surface area contributed by atoms with Gasteiger partial charge in [-0.05, 0) is 80.5 Å². The lowest BCUT2D eigenvalue weighted by Crippen LogP contribution is -2.58. The van der Waals surface area contributed by atoms with Gasteiger partial charge in [-0.2, -0.15) is 5.10 Å². The number of rotatable bonds is 2. The van der Waals surface area contributed by atoms with Crippen LogP contribution in [0.15, 0.2) is 42.7 Å². The fourth-order valence-corrected chi connectivity index (χ4v) is 5.88. The number of aryl methyl sites for hydroxylation is 2. The number of piperidine rings is 1. The summed E-state index contributed by atoms with van der Waals surface area (Å²) in [7, 11) is 0. The molecule has 1 fully saturated rings. The van der Waals surface area contributed by atoms with Crippen molar-refractivity contribution >= 4 is 30.1 Å². The lowest BCUT2D eigenvalue weighted by atomic mass is 9.68. The molecule has 2 N–H and O–H groups in total. The number of carboxylic acid groups (broad SMARTS) is 1. The highest BCUT2D eigenvalue weighted by Gasteiger charge is 2.52. The Balaban J connectivity index is 0.00000245. The molecule has 32 heavy (non-hydrogen) atoms. The highest BCUT2D eigenvalue weighted by molar-refractivity contribution is 6.30. The molecule has 1 aromatic carbocycles. The SMILES string of the molecule is CC1CC[C@H](c2ccncc2)[C@](C)(c2n[nH]c3c2-c2ccc(Cl)cc2CC3)N1C(=O)O.Cl. The fraction of sp³-hybridized carbons (Fsp3) is 0.375. The summed E-state index contributed by atoms with van der Waals surface area (Å²) < 4.78 is 0. The second kappa shape index (κ2) is 8.41. The van der Waals surface area contributed by atoms with Crippen LogP contribution in [0.5, 0.6) is 0 Å². The Kier molecular flexibility index (Phi) is 5.94. The highest BCUT2D eigenvalue weighted by Crippen LogP contribution is 2.52. The average molecular weight is 473 g/mol. The molecule has 8 heteroatoms. The van der Waals surface area contributed by atoms with Gasteiger partial charge >= 0.3 is 6.09 Å². The van der Waals surface area contributed by atoms with Gasteiger partial charge in [0, 0.05) is 40.6 Å². The summed E-state index contributed by atoms with van der Waals surface area (Å²) in [5, 5.41) is 19.0. The summed E-state index contributed by atoms with van der Waals surface area (Å²) in [5.41, 5.74) is 5.40. The Morgan fingerprint density at radius 3 is 2.69 bits per heavy atom. The van der Waals surface area contributed by atoms with Gasteiger partial charge in [0.2, 0.25) is 0 Å². The van der Waals surface area contributed by atoms with Gasteiger partial charge in [0.25, 0.3) is 0 Å². The summed E-state index contributed by atoms with van der Waals surface area (Å²) in [6.45, 7) is 4.02. The van der Waals surface area contributed by atoms with Gasteiger partial charge in [-0.3, -0.25) is 15.0 Å². The first-order chi connectivity index (χ1) is 14.9. The summed E-state index contributed by atoms with van der Waals surface area (Å²) in [6, 6.07) is 9.82. The zero-order chi connectivity index (χ0) is 21.8. The van der Waals surface area contributed by atoms with Crippen LogP contribution in [0.2, 0.25) is 5.02 Å². The first-order valence-corrected chi connectivity index (χ1v) is 11.1. The van der Waals surface area contributed by atoms with E-state index >= 15 is 0 Å². The molecule has 168 valence electrons. The first-order valence-electron chi connectivity index (χ1n) is 10.7. The van der Waals surface area contributed by atoms with Crippen LogP contribution >= 0.6 is 24.0 Å². The van der Waals surface area contributed by atoms with E-state index in [1.807, 2.05) is 44.2 Å². The number of fused-ring (bicyclic) bond motifs is 3. The van der Waals surface area contributed by atoms with Crippen molar-refractivity contribution in [2.45, 2.75) is 57.0 Å². The Hall–Kier alpha value is -2.57. The third kappa shape index (κ3) is 3.37. The number of likely N-dealkylation sites (tertiary alicyclic amines) is 1. The number of hydrogen-bond donors (Lipinski definition) is 2. The molecule has 3 atom stereocenters. The van der Waals surface area contributed by atoms with E-state index in [1.165, 1.54) is 5.56 Å². The van der Waals surface area contributed by atoms with Gasteiger partial charge in [0.05, 0.1) is 11.2 Å². The predicted octanol–water partition coefficient (Wildman–Crippen LogP) is 5.81. The molecule has 2 aliphatic rings. The van der Waals surface area contributed by atoms with Crippen LogP contribution in [0.25, 0.3) is 11.1 Å². The molecule has 0 saturated carbocycles. The Bertz CT molecular complexity index is 1150. The van der Waals surface area contributed by atoms with E-state index in [1.54, 1.807) is 17.3 Å². The molecule has 6 nitrogen and oxygen atoms in total. The van der Waals surface area contributed by atoms with Crippen molar-refractivity contribution in [3.8, 4) is 11.1 Å². The van der Waals surface area contributed by atoms with Crippen LogP contribution < -0.4 is 0 Å². The van der Waals surface area contributed by atoms with Crippen molar-refractivity contribution in [3.05, 3.63) is 70.3 Å². The number of hydrogen-bond acceptors (Lipinski definition) is 3. The number of aromatic amines is 1. The molecule has 2 aromatic heterocycles. The third-order valence-electron chi connectivity index (χ3n) is 7.11. The maximum Gasteiger partial charge on any atom is 0.408 e. The number of benzene rings is 1. The van der Waals surface area contributed by atoms with Crippen LogP contribution in [0, 0.1) is 0 Å². The molecule has 1 amide bonds. The number of nitrogens with zero attached hydrogens (tertiary/aromatic N) is 3. The molecule has 3 aromatic rings. The monoisotopic (exact) mass is 472 g/mol. The van der Waals surface area contributed by atoms with Gasteiger partial charge < -0.3 is 5.11 Å². The quantitative estimate of drug-likeness (QED) is 0.493. The zero-order valence-electron chi connectivity index (χ0n) is 18.0. The van der Waals surface area contributed by atoms with Crippen LogP contribution in [-0.2, 0) is 18.4 Å². The van der Waals surface area contributed by atoms with Gasteiger partial charge in [0.1, 0.15) is 0 Å². The number of aromatic nitrogens is 3. The summed E-state index contributed by atoms with van der Waals surface area (Å²) in [6.07, 6.45) is 6.01. The van der Waals surface area contributed by atoms with E-state index in [0.717, 1.165) is 53.8 Å². The largest absolute Gasteiger partial charge is 0.465 e. The summed E-state index contributed by atoms with van der Waals surface area (Å²) in [4.78, 5) is 18.3. The normalized spacial score (nSPS) is 24.3. The number of nitrogens with one attached hydrogen (secondary N) is 1. The molecule has 5 rings (SSSR count). The number of amides is 1. The van der Waals surface area contributed by atoms with Crippen LogP contribution in [0.4, 0.5) is 4.79 Å². The molecule has 1 aliphatic heterocycles. The van der Waals surface area contributed by atoms with Crippen LogP contribution in [0.1, 0.15) is 55.1 Å². The maximum atomic E-state index is 12.6. The second-order valence-electron chi connectivity index (χ2n) is 8.79. The molecule has 1 aliphatic carbocycles. The lowest BCUT2D eigenvalue weighted by Gasteiger charge is -2.51. The summed E-state index contributed by atoms with van der Waals surface area (Å²) in [5.74, 6) is -0.0344. The number of carbonyl (C=O) groups is 1. The van der Waals surface area contributed by atoms with Crippen molar-refractivity contribution in [1.82, 2.24) is 20.1 Å². The van der Waals surface area contributed by atoms with Crippen LogP contribution in [-0.4, -0.2) is 37.3 Å². The standard InChI is InChI=1S/C24H25ClN4O2.ClH/c1-14-3-7-19(15-9-11-26-12-10-15)24(2,29(14)23(30)31)22-21-18-6-5-17(25)13-16(18)4-8-20(21)27-28-22;/h5-6,9-14,19H,3-4,7-8H2,1-2H3,(H,27,28)(H,30,31);1H/t14?,19-,24-;/m1./s1. The van der Waals surface area contributed by atoms with E-state index < -0.39 is 11.6 Å². The Morgan fingerprint density at radius 2 is 1.97 bits per heavy atom. The van der Waals surface area contributed by atoms with Gasteiger partial charge in [-0.15, -0.1) is 12.4 Å². The first kappa shape index (κ1) is 22.6. The fourth-order valence-electron chi connectivity index (χ4n) is 5.69. The number of H-pyrrole nitrogens is 1. The topological polar surface area (TPSA) is 82.1 Å². The van der Waals surface area contributed by atoms with Crippen LogP contribution in [0.3, 0.4) is 0 Å². The molecule has 1 unspecified atom stereocenters. The molecule has 1 saturated heterocycles. The van der Waals surface area contributed by atoms with Crippen molar-refractivity contribution in [2.24, 2.45) is 0 Å². The molecular weight excluding hydrogens is 447 g/mol. The molecule has 3 heterocycles. The van der Waals surface area contributed by atoms with Crippen molar-refractivity contribution in [1.29, 1.82) is 0 Å². The van der Waals surface area contributed by atoms with Crippen molar-refractivity contribution in [2.75, 3.05) is 0 Å². The zero-order valence-corrected chi connectivity index (χ0v) is 19.6. The Morgan fingerprint density at radius 1 is 1.22 bits per heavy atom.